The van der Waals surface area contributed by atoms with E-state index in [1.54, 1.807) is 0 Å². The molecule has 0 aliphatic heterocycles. The molecule has 4 heavy (non-hydrogen) atoms. The number of hydrogen-bond donors (Lipinski definition) is 0. The Labute approximate surface area is 46.3 Å². The Bertz CT molecular complexity index is 10.8. The molecule has 0 unspecified atom stereocenters. The van der Waals surface area contributed by atoms with Crippen LogP contribution in [0.2, 0.25) is 0 Å². The zero-order chi connectivity index (χ0) is 2.00. The molecule has 21 valence electrons. The Kier molecular flexibility index (Phi) is 487. The second kappa shape index (κ2) is 80.7. The summed E-state index contributed by atoms with van der Waals surface area (Å²) >= 11 is 0. The Morgan fingerprint density at radius 1 is 1.25 bits per heavy atom. The first kappa shape index (κ1) is 24.1. The summed E-state index contributed by atoms with van der Waals surface area (Å²) in [6.07, 6.45) is 0. The molecule has 3 heteroatoms. The molecule has 0 atom stereocenters. The van der Waals surface area contributed by atoms with E-state index in [9.17, 15) is 0 Å². The van der Waals surface area contributed by atoms with Crippen LogP contribution in [0.4, 0.5) is 0 Å². The van der Waals surface area contributed by atoms with Crippen LogP contribution in [0, 0.1) is 11.8 Å². The zero-order valence-corrected chi connectivity index (χ0v) is 3.86. The Balaban J connectivity index is -0.00000000500. The molecule has 0 spiro atoms. The van der Waals surface area contributed by atoms with E-state index in [1.165, 1.54) is 0 Å². The van der Waals surface area contributed by atoms with Crippen LogP contribution >= 0.6 is 0 Å². The van der Waals surface area contributed by atoms with Crippen LogP contribution in [0.25, 0.3) is 0 Å². The van der Waals surface area contributed by atoms with Crippen molar-refractivity contribution in [2.24, 2.45) is 0 Å². The topological polar surface area (TPSA) is 23.8 Å². The van der Waals surface area contributed by atoms with Gasteiger partial charge in [0.25, 0.3) is 0 Å². The predicted molar refractivity (Wildman–Crippen MR) is 4.97 cm³/mol. The average Bonchev–Trinajstić information content (AvgIpc) is 1.00. The summed E-state index contributed by atoms with van der Waals surface area (Å²) in [6.45, 7) is 4.75. The predicted octanol–water partition coefficient (Wildman–Crippen LogP) is 0.0914. The van der Waals surface area contributed by atoms with Crippen LogP contribution < -0.4 is 0 Å². The summed E-state index contributed by atoms with van der Waals surface area (Å²) in [4.78, 5) is 0. The Hall–Kier alpha value is 0.529. The maximum absolute atomic E-state index is 6.25. The van der Waals surface area contributed by atoms with Crippen molar-refractivity contribution in [2.45, 2.75) is 0 Å². The third kappa shape index (κ3) is 21.1. The van der Waals surface area contributed by atoms with E-state index in [2.05, 4.69) is 0 Å². The molecule has 0 bridgehead atoms. The molecular formula is CFe2N+4. The summed E-state index contributed by atoms with van der Waals surface area (Å²) in [6, 6.07) is 0. The Morgan fingerprint density at radius 3 is 1.25 bits per heavy atom. The summed E-state index contributed by atoms with van der Waals surface area (Å²) < 4.78 is 0. The van der Waals surface area contributed by atoms with Gasteiger partial charge in [-0.25, -0.2) is 0 Å². The minimum absolute atomic E-state index is 0. The zero-order valence-electron chi connectivity index (χ0n) is 1.65. The largest absolute Gasteiger partial charge is 3.00 e. The van der Waals surface area contributed by atoms with Crippen molar-refractivity contribution in [1.29, 1.82) is 5.26 Å². The molecule has 0 aliphatic rings. The average molecular weight is 138 g/mol. The third-order valence-corrected chi connectivity index (χ3v) is 0. The normalized spacial score (nSPS) is 0.500. The second-order valence-electron chi connectivity index (χ2n) is 0. The van der Waals surface area contributed by atoms with E-state index in [4.69, 9.17) is 11.8 Å². The van der Waals surface area contributed by atoms with Crippen molar-refractivity contribution in [3.63, 3.8) is 0 Å². The van der Waals surface area contributed by atoms with Gasteiger partial charge < -0.3 is 11.8 Å². The third-order valence-electron chi connectivity index (χ3n) is 0. The van der Waals surface area contributed by atoms with Gasteiger partial charge in [-0.2, -0.15) is 0 Å². The quantitative estimate of drug-likeness (QED) is 0.343. The van der Waals surface area contributed by atoms with Gasteiger partial charge in [-0.05, 0) is 0 Å². The SMILES string of the molecule is [C-]#N.[Fe+2].[Fe+3]. The molecule has 0 aromatic rings. The van der Waals surface area contributed by atoms with Gasteiger partial charge in [0.05, 0.1) is 0 Å². The molecule has 1 radical (unpaired) electrons. The van der Waals surface area contributed by atoms with Crippen LogP contribution in [-0.4, -0.2) is 0 Å². The van der Waals surface area contributed by atoms with Crippen LogP contribution in [0.5, 0.6) is 0 Å². The first-order valence-corrected chi connectivity index (χ1v) is 0.224. The van der Waals surface area contributed by atoms with Crippen LogP contribution in [0.3, 0.4) is 0 Å². The van der Waals surface area contributed by atoms with E-state index >= 15 is 0 Å². The van der Waals surface area contributed by atoms with Gasteiger partial charge in [0.1, 0.15) is 0 Å². The second-order valence-corrected chi connectivity index (χ2v) is 0. The van der Waals surface area contributed by atoms with Crippen molar-refractivity contribution in [1.82, 2.24) is 0 Å². The molecule has 0 fully saturated rings. The molecule has 0 saturated carbocycles. The van der Waals surface area contributed by atoms with E-state index in [0.29, 0.717) is 0 Å². The molecule has 0 saturated heterocycles. The van der Waals surface area contributed by atoms with Gasteiger partial charge in [0.2, 0.25) is 0 Å². The fraction of sp³-hybridized carbons (Fsp3) is 0. The van der Waals surface area contributed by atoms with Crippen LogP contribution in [0.1, 0.15) is 0 Å². The number of nitrogens with zero attached hydrogens (tertiary/aromatic N) is 1. The van der Waals surface area contributed by atoms with E-state index in [-0.39, 0.29) is 34.1 Å². The Morgan fingerprint density at radius 2 is 1.25 bits per heavy atom. The van der Waals surface area contributed by atoms with Crippen LogP contribution in [-0.2, 0) is 34.1 Å². The minimum Gasteiger partial charge on any atom is -0.512 e. The monoisotopic (exact) mass is 138 g/mol. The van der Waals surface area contributed by atoms with E-state index in [1.807, 2.05) is 0 Å². The molecule has 0 aromatic carbocycles. The maximum Gasteiger partial charge on any atom is 3.00 e. The standard InChI is InChI=1S/CN.2Fe/c1-2;;/q-1;+2;+3. The van der Waals surface area contributed by atoms with E-state index in [0.717, 1.165) is 0 Å². The molecule has 0 rings (SSSR count). The number of hydrogen-bond acceptors (Lipinski definition) is 1. The van der Waals surface area contributed by atoms with Gasteiger partial charge >= 0.3 is 34.1 Å². The molecule has 0 heterocycles. The van der Waals surface area contributed by atoms with Crippen molar-refractivity contribution in [3.8, 4) is 0 Å². The van der Waals surface area contributed by atoms with E-state index < -0.39 is 0 Å². The summed E-state index contributed by atoms with van der Waals surface area (Å²) in [5.41, 5.74) is 0. The smallest absolute Gasteiger partial charge is 0.512 e. The van der Waals surface area contributed by atoms with Crippen molar-refractivity contribution in [3.05, 3.63) is 6.57 Å². The van der Waals surface area contributed by atoms with Crippen molar-refractivity contribution < 1.29 is 34.1 Å². The minimum atomic E-state index is 0. The first-order chi connectivity index (χ1) is 1.00. The van der Waals surface area contributed by atoms with Gasteiger partial charge in [-0.15, -0.1) is 0 Å². The van der Waals surface area contributed by atoms with Gasteiger partial charge in [0, 0.05) is 0 Å². The van der Waals surface area contributed by atoms with Crippen LogP contribution in [0.15, 0.2) is 0 Å². The van der Waals surface area contributed by atoms with Gasteiger partial charge in [-0.1, -0.05) is 0 Å². The molecular weight excluding hydrogens is 138 g/mol. The maximum atomic E-state index is 6.25. The molecule has 1 nitrogen and oxygen atoms in total. The molecule has 0 amide bonds. The summed E-state index contributed by atoms with van der Waals surface area (Å²) in [5, 5.41) is 6.25. The van der Waals surface area contributed by atoms with Gasteiger partial charge in [-0.3, -0.25) is 0 Å². The summed E-state index contributed by atoms with van der Waals surface area (Å²) in [7, 11) is 0. The summed E-state index contributed by atoms with van der Waals surface area (Å²) in [5.74, 6) is 0. The first-order valence-electron chi connectivity index (χ1n) is 0.224. The molecule has 0 N–H and O–H groups in total. The molecule has 0 aliphatic carbocycles. The van der Waals surface area contributed by atoms with Gasteiger partial charge in [0.15, 0.2) is 0 Å². The number of rotatable bonds is 0. The fourth-order valence-electron chi connectivity index (χ4n) is 0. The van der Waals surface area contributed by atoms with Crippen molar-refractivity contribution >= 4 is 0 Å². The van der Waals surface area contributed by atoms with Crippen molar-refractivity contribution in [2.75, 3.05) is 0 Å². The molecule has 0 aromatic heterocycles. The fourth-order valence-corrected chi connectivity index (χ4v) is 0.